The molecule has 0 unspecified atom stereocenters. The van der Waals surface area contributed by atoms with Gasteiger partial charge in [0.25, 0.3) is 0 Å². The lowest BCUT2D eigenvalue weighted by Crippen LogP contribution is -2.39. The number of anilines is 2. The smallest absolute Gasteiger partial charge is 0.356 e. The normalized spacial score (nSPS) is 17.7. The van der Waals surface area contributed by atoms with Crippen molar-refractivity contribution in [2.24, 2.45) is 0 Å². The van der Waals surface area contributed by atoms with E-state index in [0.717, 1.165) is 0 Å². The van der Waals surface area contributed by atoms with Crippen LogP contribution >= 0.6 is 0 Å². The van der Waals surface area contributed by atoms with Crippen LogP contribution < -0.4 is 10.2 Å². The minimum absolute atomic E-state index is 0.0950. The van der Waals surface area contributed by atoms with E-state index in [1.54, 1.807) is 19.0 Å². The lowest BCUT2D eigenvalue weighted by Gasteiger charge is -2.21. The van der Waals surface area contributed by atoms with Gasteiger partial charge in [-0.1, -0.05) is 0 Å². The van der Waals surface area contributed by atoms with Crippen molar-refractivity contribution in [2.45, 2.75) is 24.6 Å². The number of halogens is 3. The summed E-state index contributed by atoms with van der Waals surface area (Å²) in [5.74, 6) is 0.589. The number of rotatable bonds is 3. The number of hydrogen-bond donors (Lipinski definition) is 1. The van der Waals surface area contributed by atoms with Crippen LogP contribution in [0, 0.1) is 0 Å². The molecule has 0 spiro atoms. The van der Waals surface area contributed by atoms with Crippen molar-refractivity contribution in [2.75, 3.05) is 24.3 Å². The summed E-state index contributed by atoms with van der Waals surface area (Å²) in [7, 11) is 3.46. The van der Waals surface area contributed by atoms with E-state index in [0.29, 0.717) is 5.95 Å². The van der Waals surface area contributed by atoms with Crippen LogP contribution in [0.3, 0.4) is 0 Å². The number of nitrogens with zero attached hydrogens (tertiary/aromatic N) is 3. The number of nitrogens with one attached hydrogen (secondary N) is 1. The van der Waals surface area contributed by atoms with Crippen molar-refractivity contribution in [3.8, 4) is 0 Å². The lowest BCUT2D eigenvalue weighted by atomic mass is 10.2. The van der Waals surface area contributed by atoms with E-state index in [1.165, 1.54) is 12.3 Å². The average molecular weight is 246 g/mol. The molecule has 0 amide bonds. The molecule has 0 aliphatic heterocycles. The number of aromatic nitrogens is 2. The third-order valence-electron chi connectivity index (χ3n) is 2.70. The zero-order valence-corrected chi connectivity index (χ0v) is 9.54. The summed E-state index contributed by atoms with van der Waals surface area (Å²) in [4.78, 5) is 9.60. The zero-order chi connectivity index (χ0) is 12.7. The standard InChI is InChI=1S/C10H13F3N4/c1-17(2)8-14-6-3-7(15-8)16-9(4-5-9)10(11,12)13/h3,6H,4-5H2,1-2H3,(H,14,15,16). The number of alkyl halides is 3. The van der Waals surface area contributed by atoms with E-state index in [1.807, 2.05) is 0 Å². The highest BCUT2D eigenvalue weighted by molar-refractivity contribution is 5.45. The van der Waals surface area contributed by atoms with E-state index in [4.69, 9.17) is 0 Å². The van der Waals surface area contributed by atoms with Crippen LogP contribution in [0.1, 0.15) is 12.8 Å². The maximum atomic E-state index is 12.7. The molecule has 17 heavy (non-hydrogen) atoms. The van der Waals surface area contributed by atoms with Crippen molar-refractivity contribution in [3.63, 3.8) is 0 Å². The molecule has 0 bridgehead atoms. The third kappa shape index (κ3) is 2.27. The number of hydrogen-bond acceptors (Lipinski definition) is 4. The van der Waals surface area contributed by atoms with Gasteiger partial charge in [-0.05, 0) is 18.9 Å². The van der Waals surface area contributed by atoms with Crippen LogP contribution in [0.25, 0.3) is 0 Å². The second-order valence-electron chi connectivity index (χ2n) is 4.34. The van der Waals surface area contributed by atoms with Crippen LogP contribution in [-0.4, -0.2) is 35.8 Å². The lowest BCUT2D eigenvalue weighted by molar-refractivity contribution is -0.151. The van der Waals surface area contributed by atoms with Gasteiger partial charge in [0.2, 0.25) is 5.95 Å². The predicted octanol–water partition coefficient (Wildman–Crippen LogP) is 2.05. The highest BCUT2D eigenvalue weighted by Crippen LogP contribution is 2.50. The van der Waals surface area contributed by atoms with E-state index in [2.05, 4.69) is 15.3 Å². The van der Waals surface area contributed by atoms with E-state index in [-0.39, 0.29) is 18.7 Å². The third-order valence-corrected chi connectivity index (χ3v) is 2.70. The summed E-state index contributed by atoms with van der Waals surface area (Å²) in [5.41, 5.74) is -1.79. The first-order valence-corrected chi connectivity index (χ1v) is 5.19. The van der Waals surface area contributed by atoms with Gasteiger partial charge in [0.15, 0.2) is 0 Å². The van der Waals surface area contributed by atoms with Crippen LogP contribution in [0.15, 0.2) is 12.3 Å². The molecule has 0 atom stereocenters. The van der Waals surface area contributed by atoms with Crippen LogP contribution in [0.2, 0.25) is 0 Å². The van der Waals surface area contributed by atoms with Crippen molar-refractivity contribution >= 4 is 11.8 Å². The Balaban J connectivity index is 2.17. The predicted molar refractivity (Wildman–Crippen MR) is 58.0 cm³/mol. The van der Waals surface area contributed by atoms with Crippen molar-refractivity contribution in [3.05, 3.63) is 12.3 Å². The van der Waals surface area contributed by atoms with Crippen molar-refractivity contribution < 1.29 is 13.2 Å². The molecule has 1 aromatic heterocycles. The molecule has 94 valence electrons. The quantitative estimate of drug-likeness (QED) is 0.886. The fourth-order valence-electron chi connectivity index (χ4n) is 1.48. The fourth-order valence-corrected chi connectivity index (χ4v) is 1.48. The van der Waals surface area contributed by atoms with E-state index in [9.17, 15) is 13.2 Å². The Labute approximate surface area is 96.9 Å². The summed E-state index contributed by atoms with van der Waals surface area (Å²) >= 11 is 0. The van der Waals surface area contributed by atoms with Gasteiger partial charge in [0.05, 0.1) is 0 Å². The molecule has 4 nitrogen and oxygen atoms in total. The molecule has 1 aliphatic rings. The average Bonchev–Trinajstić information content (AvgIpc) is 2.98. The molecule has 0 aromatic carbocycles. The maximum Gasteiger partial charge on any atom is 0.411 e. The molecule has 1 heterocycles. The van der Waals surface area contributed by atoms with Crippen molar-refractivity contribution in [1.29, 1.82) is 0 Å². The Kier molecular flexibility index (Phi) is 2.63. The molecule has 7 heteroatoms. The molecule has 2 rings (SSSR count). The monoisotopic (exact) mass is 246 g/mol. The van der Waals surface area contributed by atoms with E-state index >= 15 is 0 Å². The summed E-state index contributed by atoms with van der Waals surface area (Å²) < 4.78 is 38.2. The Morgan fingerprint density at radius 2 is 2.00 bits per heavy atom. The highest BCUT2D eigenvalue weighted by atomic mass is 19.4. The Bertz CT molecular complexity index is 412. The zero-order valence-electron chi connectivity index (χ0n) is 9.54. The second kappa shape index (κ2) is 3.75. The van der Waals surface area contributed by atoms with Gasteiger partial charge in [-0.2, -0.15) is 18.2 Å². The van der Waals surface area contributed by atoms with Gasteiger partial charge in [-0.25, -0.2) is 4.98 Å². The summed E-state index contributed by atoms with van der Waals surface area (Å²) in [6.45, 7) is 0. The molecule has 0 radical (unpaired) electrons. The van der Waals surface area contributed by atoms with Crippen LogP contribution in [0.4, 0.5) is 24.9 Å². The summed E-state index contributed by atoms with van der Waals surface area (Å²) in [5, 5.41) is 2.46. The minimum Gasteiger partial charge on any atom is -0.356 e. The first kappa shape index (κ1) is 11.9. The highest BCUT2D eigenvalue weighted by Gasteiger charge is 2.63. The van der Waals surface area contributed by atoms with Gasteiger partial charge in [0, 0.05) is 20.3 Å². The maximum absolute atomic E-state index is 12.7. The second-order valence-corrected chi connectivity index (χ2v) is 4.34. The molecular weight excluding hydrogens is 233 g/mol. The minimum atomic E-state index is -4.24. The molecule has 1 N–H and O–H groups in total. The van der Waals surface area contributed by atoms with Crippen LogP contribution in [0.5, 0.6) is 0 Å². The van der Waals surface area contributed by atoms with Crippen LogP contribution in [-0.2, 0) is 0 Å². The molecular formula is C10H13F3N4. The van der Waals surface area contributed by atoms with Gasteiger partial charge in [-0.15, -0.1) is 0 Å². The van der Waals surface area contributed by atoms with E-state index < -0.39 is 11.7 Å². The summed E-state index contributed by atoms with van der Waals surface area (Å²) in [6, 6.07) is 1.44. The summed E-state index contributed by atoms with van der Waals surface area (Å²) in [6.07, 6.45) is -2.61. The Hall–Kier alpha value is -1.53. The molecule has 0 saturated heterocycles. The topological polar surface area (TPSA) is 41.1 Å². The molecule has 1 aliphatic carbocycles. The van der Waals surface area contributed by atoms with Gasteiger partial charge in [0.1, 0.15) is 11.4 Å². The van der Waals surface area contributed by atoms with Gasteiger partial charge in [-0.3, -0.25) is 0 Å². The molecule has 1 aromatic rings. The Morgan fingerprint density at radius 3 is 2.47 bits per heavy atom. The molecule has 1 fully saturated rings. The molecule has 1 saturated carbocycles. The first-order chi connectivity index (χ1) is 7.84. The van der Waals surface area contributed by atoms with Gasteiger partial charge < -0.3 is 10.2 Å². The Morgan fingerprint density at radius 1 is 1.35 bits per heavy atom. The largest absolute Gasteiger partial charge is 0.411 e. The SMILES string of the molecule is CN(C)c1nccc(NC2(C(F)(F)F)CC2)n1. The van der Waals surface area contributed by atoms with Gasteiger partial charge >= 0.3 is 6.18 Å². The first-order valence-electron chi connectivity index (χ1n) is 5.19. The van der Waals surface area contributed by atoms with Crippen molar-refractivity contribution in [1.82, 2.24) is 9.97 Å². The fraction of sp³-hybridized carbons (Fsp3) is 0.600.